The smallest absolute Gasteiger partial charge is 0.161 e. The molecular weight excluding hydrogens is 230 g/mol. The number of nitrogens with zero attached hydrogens (tertiary/aromatic N) is 1. The maximum atomic E-state index is 9.96. The highest BCUT2D eigenvalue weighted by Gasteiger charge is 2.10. The maximum Gasteiger partial charge on any atom is 0.161 e. The molecule has 0 unspecified atom stereocenters. The summed E-state index contributed by atoms with van der Waals surface area (Å²) >= 11 is 0. The third-order valence-corrected chi connectivity index (χ3v) is 2.73. The van der Waals surface area contributed by atoms with Crippen LogP contribution in [0.25, 0.3) is 0 Å². The lowest BCUT2D eigenvalue weighted by Crippen LogP contribution is -2.21. The van der Waals surface area contributed by atoms with Crippen molar-refractivity contribution in [3.8, 4) is 11.5 Å². The first kappa shape index (κ1) is 14.5. The van der Waals surface area contributed by atoms with Gasteiger partial charge in [0.15, 0.2) is 11.5 Å². The van der Waals surface area contributed by atoms with Gasteiger partial charge in [0.05, 0.1) is 13.7 Å². The largest absolute Gasteiger partial charge is 0.504 e. The minimum absolute atomic E-state index is 0.130. The van der Waals surface area contributed by atoms with Gasteiger partial charge in [0.1, 0.15) is 0 Å². The first-order valence-corrected chi connectivity index (χ1v) is 5.91. The summed E-state index contributed by atoms with van der Waals surface area (Å²) in [7, 11) is 3.47. The molecule has 0 aliphatic carbocycles. The number of aliphatic hydroxyl groups excluding tert-OH is 1. The quantitative estimate of drug-likeness (QED) is 0.722. The molecule has 0 saturated carbocycles. The Morgan fingerprint density at radius 1 is 1.44 bits per heavy atom. The molecule has 4 heteroatoms. The standard InChI is InChI=1S/C14H21NO3/c1-4-5-12-8-11(10-15(2)6-7-16)9-13(18-3)14(12)17/h4,8-9,16-17H,1,5-7,10H2,2-3H3. The van der Waals surface area contributed by atoms with Crippen LogP contribution >= 0.6 is 0 Å². The Morgan fingerprint density at radius 2 is 2.17 bits per heavy atom. The van der Waals surface area contributed by atoms with Crippen LogP contribution in [0.5, 0.6) is 11.5 Å². The Kier molecular flexibility index (Phi) is 5.68. The van der Waals surface area contributed by atoms with Crippen LogP contribution in [0.2, 0.25) is 0 Å². The molecule has 0 bridgehead atoms. The number of aliphatic hydroxyl groups is 1. The molecule has 1 rings (SSSR count). The van der Waals surface area contributed by atoms with E-state index in [1.54, 1.807) is 6.08 Å². The maximum absolute atomic E-state index is 9.96. The number of phenols is 1. The van der Waals surface area contributed by atoms with Crippen molar-refractivity contribution >= 4 is 0 Å². The summed E-state index contributed by atoms with van der Waals surface area (Å²) in [6.45, 7) is 5.11. The molecule has 0 atom stereocenters. The second kappa shape index (κ2) is 7.03. The summed E-state index contributed by atoms with van der Waals surface area (Å²) in [5.74, 6) is 0.646. The first-order valence-electron chi connectivity index (χ1n) is 5.91. The van der Waals surface area contributed by atoms with Gasteiger partial charge in [0.25, 0.3) is 0 Å². The summed E-state index contributed by atoms with van der Waals surface area (Å²) in [6, 6.07) is 3.75. The predicted octanol–water partition coefficient (Wildman–Crippen LogP) is 1.55. The molecule has 4 nitrogen and oxygen atoms in total. The van der Waals surface area contributed by atoms with Gasteiger partial charge < -0.3 is 14.9 Å². The van der Waals surface area contributed by atoms with Crippen molar-refractivity contribution in [1.82, 2.24) is 4.90 Å². The molecule has 1 aromatic carbocycles. The van der Waals surface area contributed by atoms with Crippen molar-refractivity contribution in [2.24, 2.45) is 0 Å². The van der Waals surface area contributed by atoms with E-state index in [4.69, 9.17) is 9.84 Å². The Morgan fingerprint density at radius 3 is 2.72 bits per heavy atom. The summed E-state index contributed by atoms with van der Waals surface area (Å²) in [5.41, 5.74) is 1.84. The van der Waals surface area contributed by atoms with Crippen molar-refractivity contribution in [2.75, 3.05) is 27.3 Å². The molecule has 0 aromatic heterocycles. The summed E-state index contributed by atoms with van der Waals surface area (Å²) < 4.78 is 5.16. The minimum Gasteiger partial charge on any atom is -0.504 e. The molecule has 2 N–H and O–H groups in total. The highest BCUT2D eigenvalue weighted by atomic mass is 16.5. The molecule has 0 aliphatic heterocycles. The second-order valence-electron chi connectivity index (χ2n) is 4.26. The third kappa shape index (κ3) is 3.75. The summed E-state index contributed by atoms with van der Waals surface area (Å²) in [6.07, 6.45) is 2.34. The van der Waals surface area contributed by atoms with Gasteiger partial charge in [-0.3, -0.25) is 4.90 Å². The average molecular weight is 251 g/mol. The van der Waals surface area contributed by atoms with Gasteiger partial charge >= 0.3 is 0 Å². The lowest BCUT2D eigenvalue weighted by atomic mass is 10.1. The zero-order chi connectivity index (χ0) is 13.5. The van der Waals surface area contributed by atoms with Crippen LogP contribution in [0.1, 0.15) is 11.1 Å². The Balaban J connectivity index is 2.97. The van der Waals surface area contributed by atoms with Crippen molar-refractivity contribution in [3.05, 3.63) is 35.9 Å². The number of aromatic hydroxyl groups is 1. The van der Waals surface area contributed by atoms with E-state index in [-0.39, 0.29) is 12.4 Å². The number of allylic oxidation sites excluding steroid dienone is 1. The first-order chi connectivity index (χ1) is 8.62. The zero-order valence-electron chi connectivity index (χ0n) is 11.0. The molecule has 100 valence electrons. The topological polar surface area (TPSA) is 52.9 Å². The van der Waals surface area contributed by atoms with E-state index >= 15 is 0 Å². The van der Waals surface area contributed by atoms with Gasteiger partial charge in [-0.1, -0.05) is 12.1 Å². The summed E-state index contributed by atoms with van der Waals surface area (Å²) in [4.78, 5) is 2.00. The van der Waals surface area contributed by atoms with Gasteiger partial charge in [-0.25, -0.2) is 0 Å². The van der Waals surface area contributed by atoms with Gasteiger partial charge in [-0.2, -0.15) is 0 Å². The van der Waals surface area contributed by atoms with Crippen LogP contribution in [-0.2, 0) is 13.0 Å². The molecular formula is C14H21NO3. The molecule has 0 saturated heterocycles. The molecule has 0 heterocycles. The number of ether oxygens (including phenoxy) is 1. The van der Waals surface area contributed by atoms with Crippen LogP contribution < -0.4 is 4.74 Å². The second-order valence-corrected chi connectivity index (χ2v) is 4.26. The minimum atomic E-state index is 0.130. The Bertz CT molecular complexity index is 404. The number of hydrogen-bond donors (Lipinski definition) is 2. The molecule has 0 spiro atoms. The number of hydrogen-bond acceptors (Lipinski definition) is 4. The molecule has 1 aromatic rings. The molecule has 0 amide bonds. The zero-order valence-corrected chi connectivity index (χ0v) is 11.0. The van der Waals surface area contributed by atoms with Crippen molar-refractivity contribution in [3.63, 3.8) is 0 Å². The SMILES string of the molecule is C=CCc1cc(CN(C)CCO)cc(OC)c1O. The number of benzene rings is 1. The Hall–Kier alpha value is -1.52. The lowest BCUT2D eigenvalue weighted by molar-refractivity contribution is 0.217. The van der Waals surface area contributed by atoms with Gasteiger partial charge in [0.2, 0.25) is 0 Å². The number of rotatable bonds is 7. The van der Waals surface area contributed by atoms with Crippen LogP contribution in [-0.4, -0.2) is 42.4 Å². The third-order valence-electron chi connectivity index (χ3n) is 2.73. The average Bonchev–Trinajstić information content (AvgIpc) is 2.33. The van der Waals surface area contributed by atoms with E-state index in [0.717, 1.165) is 11.1 Å². The van der Waals surface area contributed by atoms with Gasteiger partial charge in [0, 0.05) is 18.7 Å². The van der Waals surface area contributed by atoms with Crippen LogP contribution in [0.3, 0.4) is 0 Å². The van der Waals surface area contributed by atoms with Gasteiger partial charge in [-0.15, -0.1) is 6.58 Å². The molecule has 0 fully saturated rings. The molecule has 18 heavy (non-hydrogen) atoms. The van der Waals surface area contributed by atoms with E-state index in [1.165, 1.54) is 7.11 Å². The molecule has 0 aliphatic rings. The van der Waals surface area contributed by atoms with Gasteiger partial charge in [-0.05, 0) is 25.1 Å². The highest BCUT2D eigenvalue weighted by Crippen LogP contribution is 2.32. The van der Waals surface area contributed by atoms with E-state index in [2.05, 4.69) is 6.58 Å². The van der Waals surface area contributed by atoms with Crippen molar-refractivity contribution in [2.45, 2.75) is 13.0 Å². The van der Waals surface area contributed by atoms with Crippen molar-refractivity contribution in [1.29, 1.82) is 0 Å². The number of methoxy groups -OCH3 is 1. The predicted molar refractivity (Wildman–Crippen MR) is 72.0 cm³/mol. The van der Waals surface area contributed by atoms with E-state index in [9.17, 15) is 5.11 Å². The fourth-order valence-corrected chi connectivity index (χ4v) is 1.85. The Labute approximate surface area is 108 Å². The normalized spacial score (nSPS) is 10.7. The van der Waals surface area contributed by atoms with Crippen molar-refractivity contribution < 1.29 is 14.9 Å². The van der Waals surface area contributed by atoms with Crippen LogP contribution in [0.4, 0.5) is 0 Å². The fourth-order valence-electron chi connectivity index (χ4n) is 1.85. The highest BCUT2D eigenvalue weighted by molar-refractivity contribution is 5.49. The van der Waals surface area contributed by atoms with E-state index < -0.39 is 0 Å². The van der Waals surface area contributed by atoms with E-state index in [0.29, 0.717) is 25.3 Å². The lowest BCUT2D eigenvalue weighted by Gasteiger charge is -2.17. The summed E-state index contributed by atoms with van der Waals surface area (Å²) in [5, 5.41) is 18.8. The van der Waals surface area contributed by atoms with E-state index in [1.807, 2.05) is 24.1 Å². The fraction of sp³-hybridized carbons (Fsp3) is 0.429. The number of likely N-dealkylation sites (N-methyl/N-ethyl adjacent to an activating group) is 1. The monoisotopic (exact) mass is 251 g/mol. The molecule has 0 radical (unpaired) electrons. The number of phenolic OH excluding ortho intramolecular Hbond substituents is 1. The van der Waals surface area contributed by atoms with Crippen LogP contribution in [0, 0.1) is 0 Å². The van der Waals surface area contributed by atoms with Crippen LogP contribution in [0.15, 0.2) is 24.8 Å².